The molecule has 94 valence electrons. The van der Waals surface area contributed by atoms with E-state index in [1.54, 1.807) is 30.3 Å². The number of hydrogen-bond acceptors (Lipinski definition) is 2. The van der Waals surface area contributed by atoms with Crippen molar-refractivity contribution in [2.45, 2.75) is 12.3 Å². The van der Waals surface area contributed by atoms with Crippen molar-refractivity contribution in [3.8, 4) is 0 Å². The summed E-state index contributed by atoms with van der Waals surface area (Å²) in [6.45, 7) is 0. The normalized spacial score (nSPS) is 12.3. The van der Waals surface area contributed by atoms with Crippen LogP contribution in [0.2, 0.25) is 9.36 Å². The van der Waals surface area contributed by atoms with Crippen LogP contribution in [0.5, 0.6) is 0 Å². The van der Waals surface area contributed by atoms with Crippen molar-refractivity contribution in [1.29, 1.82) is 0 Å². The summed E-state index contributed by atoms with van der Waals surface area (Å²) in [5.74, 6) is -1.46. The second-order valence-corrected chi connectivity index (χ2v) is 6.09. The largest absolute Gasteiger partial charge is 0.481 e. The van der Waals surface area contributed by atoms with Crippen molar-refractivity contribution in [2.24, 2.45) is 0 Å². The first-order valence-electron chi connectivity index (χ1n) is 5.29. The summed E-state index contributed by atoms with van der Waals surface area (Å²) < 4.78 is 0.667. The molecule has 1 unspecified atom stereocenters. The van der Waals surface area contributed by atoms with Crippen molar-refractivity contribution in [1.82, 2.24) is 0 Å². The second kappa shape index (κ2) is 5.74. The Hall–Kier alpha value is -1.03. The molecule has 1 atom stereocenters. The molecule has 0 saturated heterocycles. The van der Waals surface area contributed by atoms with Crippen molar-refractivity contribution in [3.63, 3.8) is 0 Å². The number of carbonyl (C=O) groups is 1. The molecule has 18 heavy (non-hydrogen) atoms. The van der Waals surface area contributed by atoms with Gasteiger partial charge in [0.05, 0.1) is 10.3 Å². The molecule has 0 aliphatic heterocycles. The Morgan fingerprint density at radius 2 is 2.06 bits per heavy atom. The number of hydrogen-bond donors (Lipinski definition) is 1. The molecule has 2 aromatic rings. The lowest BCUT2D eigenvalue weighted by molar-refractivity contribution is -0.138. The first kappa shape index (κ1) is 13.4. The maximum absolute atomic E-state index is 11.4. The van der Waals surface area contributed by atoms with Crippen LogP contribution >= 0.6 is 34.5 Å². The number of thiophene rings is 1. The Morgan fingerprint density at radius 1 is 1.28 bits per heavy atom. The van der Waals surface area contributed by atoms with Crippen LogP contribution in [0, 0.1) is 0 Å². The molecule has 0 bridgehead atoms. The number of benzene rings is 1. The van der Waals surface area contributed by atoms with Gasteiger partial charge in [-0.05, 0) is 36.2 Å². The number of carboxylic acids is 1. The Labute approximate surface area is 119 Å². The molecule has 1 aromatic heterocycles. The zero-order valence-corrected chi connectivity index (χ0v) is 11.6. The monoisotopic (exact) mass is 300 g/mol. The van der Waals surface area contributed by atoms with Crippen molar-refractivity contribution < 1.29 is 9.90 Å². The highest BCUT2D eigenvalue weighted by molar-refractivity contribution is 7.16. The van der Waals surface area contributed by atoms with Gasteiger partial charge in [0.25, 0.3) is 0 Å². The summed E-state index contributed by atoms with van der Waals surface area (Å²) in [5.41, 5.74) is 0.708. The Kier molecular flexibility index (Phi) is 4.27. The van der Waals surface area contributed by atoms with E-state index in [1.165, 1.54) is 11.3 Å². The minimum absolute atomic E-state index is 0.424. The third-order valence-electron chi connectivity index (χ3n) is 2.58. The quantitative estimate of drug-likeness (QED) is 0.905. The lowest BCUT2D eigenvalue weighted by Crippen LogP contribution is -2.13. The van der Waals surface area contributed by atoms with Gasteiger partial charge in [-0.25, -0.2) is 0 Å². The van der Waals surface area contributed by atoms with Gasteiger partial charge in [0.2, 0.25) is 0 Å². The van der Waals surface area contributed by atoms with E-state index in [2.05, 4.69) is 0 Å². The third kappa shape index (κ3) is 3.25. The van der Waals surface area contributed by atoms with E-state index < -0.39 is 11.9 Å². The van der Waals surface area contributed by atoms with Crippen LogP contribution in [0.25, 0.3) is 0 Å². The van der Waals surface area contributed by atoms with E-state index in [0.717, 1.165) is 4.88 Å². The van der Waals surface area contributed by atoms with Gasteiger partial charge in [0.15, 0.2) is 0 Å². The summed E-state index contributed by atoms with van der Waals surface area (Å²) in [5, 5.41) is 9.86. The molecule has 5 heteroatoms. The van der Waals surface area contributed by atoms with Crippen LogP contribution in [-0.2, 0) is 11.2 Å². The minimum atomic E-state index is -0.859. The van der Waals surface area contributed by atoms with Crippen molar-refractivity contribution in [2.75, 3.05) is 0 Å². The van der Waals surface area contributed by atoms with Gasteiger partial charge < -0.3 is 5.11 Å². The van der Waals surface area contributed by atoms with Gasteiger partial charge in [-0.2, -0.15) is 0 Å². The van der Waals surface area contributed by atoms with Gasteiger partial charge in [-0.3, -0.25) is 4.79 Å². The van der Waals surface area contributed by atoms with Crippen LogP contribution in [0.4, 0.5) is 0 Å². The van der Waals surface area contributed by atoms with Crippen LogP contribution in [0.15, 0.2) is 36.4 Å². The van der Waals surface area contributed by atoms with E-state index in [9.17, 15) is 9.90 Å². The highest BCUT2D eigenvalue weighted by Gasteiger charge is 2.21. The molecule has 0 saturated carbocycles. The second-order valence-electron chi connectivity index (χ2n) is 3.86. The summed E-state index contributed by atoms with van der Waals surface area (Å²) >= 11 is 13.1. The first-order chi connectivity index (χ1) is 8.56. The molecule has 0 radical (unpaired) electrons. The fourth-order valence-electron chi connectivity index (χ4n) is 1.73. The van der Waals surface area contributed by atoms with E-state index in [1.807, 2.05) is 6.07 Å². The lowest BCUT2D eigenvalue weighted by Gasteiger charge is -2.11. The SMILES string of the molecule is O=C(O)C(Cc1ccc(Cl)s1)c1cccc(Cl)c1. The smallest absolute Gasteiger partial charge is 0.311 e. The van der Waals surface area contributed by atoms with Crippen LogP contribution < -0.4 is 0 Å². The highest BCUT2D eigenvalue weighted by atomic mass is 35.5. The molecular weight excluding hydrogens is 291 g/mol. The standard InChI is InChI=1S/C13H10Cl2O2S/c14-9-3-1-2-8(6-9)11(13(16)17)7-10-4-5-12(15)18-10/h1-6,11H,7H2,(H,16,17). The summed E-state index contributed by atoms with van der Waals surface area (Å²) in [4.78, 5) is 12.3. The number of aliphatic carboxylic acids is 1. The Balaban J connectivity index is 2.26. The maximum Gasteiger partial charge on any atom is 0.311 e. The molecule has 0 spiro atoms. The summed E-state index contributed by atoms with van der Waals surface area (Å²) in [6, 6.07) is 10.6. The summed E-state index contributed by atoms with van der Waals surface area (Å²) in [7, 11) is 0. The number of carboxylic acid groups (broad SMARTS) is 1. The zero-order valence-electron chi connectivity index (χ0n) is 9.27. The predicted octanol–water partition coefficient (Wildman–Crippen LogP) is 4.47. The van der Waals surface area contributed by atoms with Gasteiger partial charge in [-0.1, -0.05) is 35.3 Å². The van der Waals surface area contributed by atoms with Gasteiger partial charge in [-0.15, -0.1) is 11.3 Å². The first-order valence-corrected chi connectivity index (χ1v) is 6.86. The van der Waals surface area contributed by atoms with Gasteiger partial charge >= 0.3 is 5.97 Å². The van der Waals surface area contributed by atoms with Gasteiger partial charge in [0, 0.05) is 9.90 Å². The molecule has 1 aromatic carbocycles. The highest BCUT2D eigenvalue weighted by Crippen LogP contribution is 2.29. The zero-order chi connectivity index (χ0) is 13.1. The fourth-order valence-corrected chi connectivity index (χ4v) is 3.07. The number of rotatable bonds is 4. The molecular formula is C13H10Cl2O2S. The van der Waals surface area contributed by atoms with Crippen LogP contribution in [0.1, 0.15) is 16.4 Å². The molecule has 0 aliphatic carbocycles. The van der Waals surface area contributed by atoms with Crippen LogP contribution in [0.3, 0.4) is 0 Å². The van der Waals surface area contributed by atoms with Crippen molar-refractivity contribution >= 4 is 40.5 Å². The Morgan fingerprint density at radius 3 is 2.61 bits per heavy atom. The average molecular weight is 301 g/mol. The Bertz CT molecular complexity index is 566. The topological polar surface area (TPSA) is 37.3 Å². The van der Waals surface area contributed by atoms with E-state index in [-0.39, 0.29) is 0 Å². The van der Waals surface area contributed by atoms with Crippen LogP contribution in [-0.4, -0.2) is 11.1 Å². The molecule has 0 aliphatic rings. The molecule has 0 fully saturated rings. The van der Waals surface area contributed by atoms with E-state index >= 15 is 0 Å². The molecule has 1 heterocycles. The third-order valence-corrected chi connectivity index (χ3v) is 4.07. The van der Waals surface area contributed by atoms with E-state index in [4.69, 9.17) is 23.2 Å². The molecule has 1 N–H and O–H groups in total. The molecule has 2 rings (SSSR count). The molecule has 2 nitrogen and oxygen atoms in total. The average Bonchev–Trinajstić information content (AvgIpc) is 2.71. The fraction of sp³-hybridized carbons (Fsp3) is 0.154. The summed E-state index contributed by atoms with van der Waals surface area (Å²) in [6.07, 6.45) is 0.424. The van der Waals surface area contributed by atoms with Gasteiger partial charge in [0.1, 0.15) is 0 Å². The minimum Gasteiger partial charge on any atom is -0.481 e. The van der Waals surface area contributed by atoms with Crippen molar-refractivity contribution in [3.05, 3.63) is 56.2 Å². The maximum atomic E-state index is 11.4. The molecule has 0 amide bonds. The number of halogens is 2. The predicted molar refractivity (Wildman–Crippen MR) is 74.9 cm³/mol. The lowest BCUT2D eigenvalue weighted by atomic mass is 9.95. The van der Waals surface area contributed by atoms with E-state index in [0.29, 0.717) is 21.3 Å².